The summed E-state index contributed by atoms with van der Waals surface area (Å²) < 4.78 is 18.8. The first kappa shape index (κ1) is 17.6. The van der Waals surface area contributed by atoms with E-state index in [2.05, 4.69) is 4.98 Å². The van der Waals surface area contributed by atoms with Gasteiger partial charge in [-0.2, -0.15) is 0 Å². The molecule has 138 valence electrons. The standard InChI is InChI=1S/C20H23FN2O2S/c1-14-18(26-17(22-14)12-15-4-6-16(21)7-5-15)19(24)23-10-11-25-13-20(23)8-2-3-9-20/h4-7H,2-3,8-13H2,1H3. The van der Waals surface area contributed by atoms with Crippen molar-refractivity contribution >= 4 is 17.2 Å². The molecule has 2 aromatic rings. The topological polar surface area (TPSA) is 42.4 Å². The molecule has 1 aromatic carbocycles. The Morgan fingerprint density at radius 2 is 2.04 bits per heavy atom. The Bertz CT molecular complexity index is 797. The highest BCUT2D eigenvalue weighted by Gasteiger charge is 2.45. The molecular formula is C20H23FN2O2S. The molecule has 1 aliphatic carbocycles. The van der Waals surface area contributed by atoms with E-state index < -0.39 is 0 Å². The molecule has 6 heteroatoms. The summed E-state index contributed by atoms with van der Waals surface area (Å²) in [5.74, 6) is -0.148. The largest absolute Gasteiger partial charge is 0.377 e. The number of thiazole rings is 1. The Labute approximate surface area is 157 Å². The van der Waals surface area contributed by atoms with Crippen LogP contribution in [0.15, 0.2) is 24.3 Å². The second-order valence-electron chi connectivity index (χ2n) is 7.27. The van der Waals surface area contributed by atoms with E-state index in [4.69, 9.17) is 4.74 Å². The number of aromatic nitrogens is 1. The van der Waals surface area contributed by atoms with Crippen LogP contribution in [0, 0.1) is 12.7 Å². The molecule has 4 nitrogen and oxygen atoms in total. The van der Waals surface area contributed by atoms with Gasteiger partial charge in [0.1, 0.15) is 10.7 Å². The van der Waals surface area contributed by atoms with E-state index in [1.165, 1.54) is 23.5 Å². The third-order valence-corrected chi connectivity index (χ3v) is 6.63. The Morgan fingerprint density at radius 3 is 2.77 bits per heavy atom. The minimum Gasteiger partial charge on any atom is -0.377 e. The summed E-state index contributed by atoms with van der Waals surface area (Å²) in [6.07, 6.45) is 4.99. The Balaban J connectivity index is 1.56. The predicted octanol–water partition coefficient (Wildman–Crippen LogP) is 3.97. The van der Waals surface area contributed by atoms with Crippen LogP contribution >= 0.6 is 11.3 Å². The molecule has 0 radical (unpaired) electrons. The van der Waals surface area contributed by atoms with Crippen molar-refractivity contribution in [2.24, 2.45) is 0 Å². The van der Waals surface area contributed by atoms with Crippen molar-refractivity contribution in [2.75, 3.05) is 19.8 Å². The van der Waals surface area contributed by atoms with E-state index in [1.807, 2.05) is 11.8 Å². The van der Waals surface area contributed by atoms with E-state index in [9.17, 15) is 9.18 Å². The molecular weight excluding hydrogens is 351 g/mol. The van der Waals surface area contributed by atoms with Crippen LogP contribution in [0.5, 0.6) is 0 Å². The molecule has 2 heterocycles. The van der Waals surface area contributed by atoms with Crippen LogP contribution in [0.3, 0.4) is 0 Å². The van der Waals surface area contributed by atoms with Gasteiger partial charge in [0, 0.05) is 13.0 Å². The average molecular weight is 374 g/mol. The number of hydrogen-bond donors (Lipinski definition) is 0. The summed E-state index contributed by atoms with van der Waals surface area (Å²) in [6, 6.07) is 6.45. The first-order valence-electron chi connectivity index (χ1n) is 9.18. The third-order valence-electron chi connectivity index (χ3n) is 5.49. The van der Waals surface area contributed by atoms with Crippen LogP contribution in [0.25, 0.3) is 0 Å². The lowest BCUT2D eigenvalue weighted by atomic mass is 9.94. The van der Waals surface area contributed by atoms with Gasteiger partial charge in [-0.05, 0) is 37.5 Å². The van der Waals surface area contributed by atoms with Crippen molar-refractivity contribution in [1.29, 1.82) is 0 Å². The molecule has 1 amide bonds. The number of rotatable bonds is 3. The fourth-order valence-corrected chi connectivity index (χ4v) is 5.17. The van der Waals surface area contributed by atoms with Gasteiger partial charge >= 0.3 is 0 Å². The summed E-state index contributed by atoms with van der Waals surface area (Å²) >= 11 is 1.47. The number of aryl methyl sites for hydroxylation is 1. The second kappa shape index (κ2) is 7.08. The maximum atomic E-state index is 13.3. The molecule has 4 rings (SSSR count). The van der Waals surface area contributed by atoms with Crippen molar-refractivity contribution in [3.63, 3.8) is 0 Å². The average Bonchev–Trinajstić information content (AvgIpc) is 3.24. The molecule has 26 heavy (non-hydrogen) atoms. The predicted molar refractivity (Wildman–Crippen MR) is 99.1 cm³/mol. The van der Waals surface area contributed by atoms with Crippen molar-refractivity contribution in [3.05, 3.63) is 51.2 Å². The van der Waals surface area contributed by atoms with Crippen molar-refractivity contribution in [3.8, 4) is 0 Å². The first-order valence-corrected chi connectivity index (χ1v) is 9.99. The van der Waals surface area contributed by atoms with Crippen LogP contribution in [-0.4, -0.2) is 41.1 Å². The number of nitrogens with zero attached hydrogens (tertiary/aromatic N) is 2. The summed E-state index contributed by atoms with van der Waals surface area (Å²) in [7, 11) is 0. The summed E-state index contributed by atoms with van der Waals surface area (Å²) in [5, 5.41) is 0.895. The minimum absolute atomic E-state index is 0.0931. The highest BCUT2D eigenvalue weighted by Crippen LogP contribution is 2.39. The van der Waals surface area contributed by atoms with E-state index in [0.717, 1.165) is 46.8 Å². The van der Waals surface area contributed by atoms with Crippen LogP contribution in [0.4, 0.5) is 4.39 Å². The fraction of sp³-hybridized carbons (Fsp3) is 0.500. The molecule has 0 unspecified atom stereocenters. The summed E-state index contributed by atoms with van der Waals surface area (Å²) in [5.41, 5.74) is 1.66. The van der Waals surface area contributed by atoms with E-state index >= 15 is 0 Å². The van der Waals surface area contributed by atoms with Gasteiger partial charge in [0.15, 0.2) is 0 Å². The number of carbonyl (C=O) groups excluding carboxylic acids is 1. The van der Waals surface area contributed by atoms with Gasteiger partial charge in [0.2, 0.25) is 0 Å². The molecule has 1 spiro atoms. The van der Waals surface area contributed by atoms with Gasteiger partial charge < -0.3 is 9.64 Å². The first-order chi connectivity index (χ1) is 12.6. The van der Waals surface area contributed by atoms with E-state index in [1.54, 1.807) is 12.1 Å². The lowest BCUT2D eigenvalue weighted by molar-refractivity contribution is -0.0500. The third kappa shape index (κ3) is 3.28. The van der Waals surface area contributed by atoms with Crippen LogP contribution < -0.4 is 0 Å². The van der Waals surface area contributed by atoms with Gasteiger partial charge in [-0.3, -0.25) is 4.79 Å². The number of amides is 1. The fourth-order valence-electron chi connectivity index (χ4n) is 4.12. The molecule has 1 saturated carbocycles. The normalized spacial score (nSPS) is 19.2. The van der Waals surface area contributed by atoms with Crippen LogP contribution in [0.1, 0.15) is 51.6 Å². The van der Waals surface area contributed by atoms with Crippen molar-refractivity contribution in [2.45, 2.75) is 44.6 Å². The number of carbonyl (C=O) groups is 1. The Morgan fingerprint density at radius 1 is 1.31 bits per heavy atom. The maximum Gasteiger partial charge on any atom is 0.266 e. The zero-order valence-electron chi connectivity index (χ0n) is 15.0. The molecule has 1 aliphatic heterocycles. The quantitative estimate of drug-likeness (QED) is 0.816. The van der Waals surface area contributed by atoms with E-state index in [0.29, 0.717) is 26.2 Å². The number of hydrogen-bond acceptors (Lipinski definition) is 4. The smallest absolute Gasteiger partial charge is 0.266 e. The Hall–Kier alpha value is -1.79. The number of morpholine rings is 1. The monoisotopic (exact) mass is 374 g/mol. The molecule has 1 saturated heterocycles. The van der Waals surface area contributed by atoms with Gasteiger partial charge in [0.25, 0.3) is 5.91 Å². The number of benzene rings is 1. The number of ether oxygens (including phenoxy) is 1. The van der Waals surface area contributed by atoms with Gasteiger partial charge in [-0.15, -0.1) is 11.3 Å². The highest BCUT2D eigenvalue weighted by atomic mass is 32.1. The Kier molecular flexibility index (Phi) is 4.80. The van der Waals surface area contributed by atoms with Crippen LogP contribution in [-0.2, 0) is 11.2 Å². The molecule has 0 bridgehead atoms. The lowest BCUT2D eigenvalue weighted by Crippen LogP contribution is -2.57. The molecule has 0 N–H and O–H groups in total. The lowest BCUT2D eigenvalue weighted by Gasteiger charge is -2.44. The highest BCUT2D eigenvalue weighted by molar-refractivity contribution is 7.13. The van der Waals surface area contributed by atoms with Crippen molar-refractivity contribution in [1.82, 2.24) is 9.88 Å². The second-order valence-corrected chi connectivity index (χ2v) is 8.35. The van der Waals surface area contributed by atoms with Gasteiger partial charge in [-0.1, -0.05) is 25.0 Å². The van der Waals surface area contributed by atoms with Gasteiger partial charge in [-0.25, -0.2) is 9.37 Å². The SMILES string of the molecule is Cc1nc(Cc2ccc(F)cc2)sc1C(=O)N1CCOCC12CCCC2. The van der Waals surface area contributed by atoms with Crippen LogP contribution in [0.2, 0.25) is 0 Å². The maximum absolute atomic E-state index is 13.3. The van der Waals surface area contributed by atoms with Crippen molar-refractivity contribution < 1.29 is 13.9 Å². The summed E-state index contributed by atoms with van der Waals surface area (Å²) in [4.78, 5) is 20.7. The molecule has 2 fully saturated rings. The summed E-state index contributed by atoms with van der Waals surface area (Å²) in [6.45, 7) is 3.82. The molecule has 2 aliphatic rings. The number of halogens is 1. The zero-order valence-corrected chi connectivity index (χ0v) is 15.8. The van der Waals surface area contributed by atoms with E-state index in [-0.39, 0.29) is 17.3 Å². The zero-order chi connectivity index (χ0) is 18.1. The molecule has 1 aromatic heterocycles. The van der Waals surface area contributed by atoms with Gasteiger partial charge in [0.05, 0.1) is 29.5 Å². The molecule has 0 atom stereocenters. The minimum atomic E-state index is -0.242.